The third-order valence-corrected chi connectivity index (χ3v) is 3.75. The van der Waals surface area contributed by atoms with Crippen molar-refractivity contribution in [2.45, 2.75) is 19.1 Å². The van der Waals surface area contributed by atoms with Crippen LogP contribution in [-0.2, 0) is 14.3 Å². The van der Waals surface area contributed by atoms with Gasteiger partial charge in [-0.15, -0.1) is 0 Å². The van der Waals surface area contributed by atoms with Crippen LogP contribution in [0.2, 0.25) is 0 Å². The molecule has 0 aromatic heterocycles. The van der Waals surface area contributed by atoms with E-state index in [-0.39, 0.29) is 12.1 Å². The van der Waals surface area contributed by atoms with Crippen LogP contribution in [0.15, 0.2) is 30.3 Å². The maximum absolute atomic E-state index is 11.6. The number of carbonyl (C=O) groups is 1. The van der Waals surface area contributed by atoms with Gasteiger partial charge in [-0.3, -0.25) is 4.90 Å². The Hall–Kier alpha value is -1.59. The van der Waals surface area contributed by atoms with E-state index in [1.807, 2.05) is 25.1 Å². The van der Waals surface area contributed by atoms with E-state index in [1.54, 1.807) is 0 Å². The second-order valence-electron chi connectivity index (χ2n) is 5.48. The number of ether oxygens (including phenoxy) is 2. The normalized spacial score (nSPS) is 22.8. The van der Waals surface area contributed by atoms with Crippen molar-refractivity contribution in [3.05, 3.63) is 30.3 Å². The van der Waals surface area contributed by atoms with Gasteiger partial charge < -0.3 is 14.4 Å². The van der Waals surface area contributed by atoms with Gasteiger partial charge in [-0.25, -0.2) is 4.79 Å². The third kappa shape index (κ3) is 4.44. The van der Waals surface area contributed by atoms with Gasteiger partial charge in [-0.05, 0) is 19.1 Å². The molecular weight excluding hydrogens is 268 g/mol. The Bertz CT molecular complexity index is 452. The van der Waals surface area contributed by atoms with Crippen molar-refractivity contribution in [2.24, 2.45) is 0 Å². The molecule has 0 spiro atoms. The number of para-hydroxylation sites is 1. The zero-order valence-corrected chi connectivity index (χ0v) is 13.0. The van der Waals surface area contributed by atoms with Gasteiger partial charge in [-0.1, -0.05) is 18.2 Å². The predicted molar refractivity (Wildman–Crippen MR) is 82.5 cm³/mol. The lowest BCUT2D eigenvalue weighted by molar-refractivity contribution is -0.166. The van der Waals surface area contributed by atoms with Crippen LogP contribution in [0.25, 0.3) is 0 Å². The number of hydrogen-bond acceptors (Lipinski definition) is 5. The van der Waals surface area contributed by atoms with Gasteiger partial charge in [0.1, 0.15) is 0 Å². The Balaban J connectivity index is 1.86. The molecule has 0 aliphatic carbocycles. The van der Waals surface area contributed by atoms with Crippen molar-refractivity contribution in [1.82, 2.24) is 4.90 Å². The van der Waals surface area contributed by atoms with Crippen molar-refractivity contribution < 1.29 is 14.3 Å². The van der Waals surface area contributed by atoms with E-state index in [9.17, 15) is 4.79 Å². The van der Waals surface area contributed by atoms with Crippen molar-refractivity contribution >= 4 is 11.7 Å². The summed E-state index contributed by atoms with van der Waals surface area (Å²) in [5, 5.41) is 0. The molecule has 1 aromatic carbocycles. The second kappa shape index (κ2) is 7.43. The lowest BCUT2D eigenvalue weighted by Crippen LogP contribution is -2.51. The van der Waals surface area contributed by atoms with Crippen LogP contribution >= 0.6 is 0 Å². The first-order valence-electron chi connectivity index (χ1n) is 7.32. The number of rotatable bonds is 5. The molecule has 0 amide bonds. The molecule has 1 aromatic rings. The van der Waals surface area contributed by atoms with E-state index in [2.05, 4.69) is 29.0 Å². The fraction of sp³-hybridized carbons (Fsp3) is 0.562. The first kappa shape index (κ1) is 15.8. The van der Waals surface area contributed by atoms with Crippen molar-refractivity contribution in [3.8, 4) is 0 Å². The average molecular weight is 292 g/mol. The zero-order valence-electron chi connectivity index (χ0n) is 13.0. The third-order valence-electron chi connectivity index (χ3n) is 3.75. The second-order valence-corrected chi connectivity index (χ2v) is 5.48. The molecule has 1 unspecified atom stereocenters. The van der Waals surface area contributed by atoms with Crippen LogP contribution in [-0.4, -0.2) is 63.4 Å². The largest absolute Gasteiger partial charge is 0.467 e. The standard InChI is InChI=1S/C16H24N2O3/c1-13-11-18(12-15(21-13)16(19)20-3)10-9-17(2)14-7-5-4-6-8-14/h4-8,13,15H,9-12H2,1-3H3/t13-,15?/m1/s1. The molecule has 1 saturated heterocycles. The molecular formula is C16H24N2O3. The summed E-state index contributed by atoms with van der Waals surface area (Å²) >= 11 is 0. The first-order chi connectivity index (χ1) is 10.1. The van der Waals surface area contributed by atoms with Gasteiger partial charge >= 0.3 is 5.97 Å². The fourth-order valence-corrected chi connectivity index (χ4v) is 2.59. The molecule has 0 N–H and O–H groups in total. The van der Waals surface area contributed by atoms with Crippen LogP contribution in [0.4, 0.5) is 5.69 Å². The van der Waals surface area contributed by atoms with E-state index >= 15 is 0 Å². The maximum atomic E-state index is 11.6. The number of nitrogens with zero attached hydrogens (tertiary/aromatic N) is 2. The number of anilines is 1. The summed E-state index contributed by atoms with van der Waals surface area (Å²) in [4.78, 5) is 16.1. The highest BCUT2D eigenvalue weighted by Gasteiger charge is 2.30. The molecule has 5 nitrogen and oxygen atoms in total. The predicted octanol–water partition coefficient (Wildman–Crippen LogP) is 1.39. The lowest BCUT2D eigenvalue weighted by atomic mass is 10.2. The van der Waals surface area contributed by atoms with E-state index in [0.717, 1.165) is 19.6 Å². The SMILES string of the molecule is COC(=O)C1CN(CCN(C)c2ccccc2)C[C@@H](C)O1. The maximum Gasteiger partial charge on any atom is 0.336 e. The molecule has 0 saturated carbocycles. The molecule has 116 valence electrons. The number of morpholine rings is 1. The number of benzene rings is 1. The monoisotopic (exact) mass is 292 g/mol. The van der Waals surface area contributed by atoms with E-state index < -0.39 is 6.10 Å². The molecule has 21 heavy (non-hydrogen) atoms. The fourth-order valence-electron chi connectivity index (χ4n) is 2.59. The molecule has 1 fully saturated rings. The van der Waals surface area contributed by atoms with Crippen molar-refractivity contribution in [2.75, 3.05) is 45.2 Å². The molecule has 1 heterocycles. The molecule has 2 atom stereocenters. The van der Waals surface area contributed by atoms with Gasteiger partial charge in [0.2, 0.25) is 0 Å². The molecule has 0 radical (unpaired) electrons. The number of hydrogen-bond donors (Lipinski definition) is 0. The minimum Gasteiger partial charge on any atom is -0.467 e. The number of carbonyl (C=O) groups excluding carboxylic acids is 1. The minimum absolute atomic E-state index is 0.0462. The van der Waals surface area contributed by atoms with Crippen LogP contribution < -0.4 is 4.90 Å². The van der Waals surface area contributed by atoms with Gasteiger partial charge in [-0.2, -0.15) is 0 Å². The van der Waals surface area contributed by atoms with Gasteiger partial charge in [0.05, 0.1) is 13.2 Å². The van der Waals surface area contributed by atoms with E-state index in [0.29, 0.717) is 6.54 Å². The Morgan fingerprint density at radius 3 is 2.76 bits per heavy atom. The van der Waals surface area contributed by atoms with Crippen LogP contribution in [0.5, 0.6) is 0 Å². The summed E-state index contributed by atoms with van der Waals surface area (Å²) in [7, 11) is 3.48. The summed E-state index contributed by atoms with van der Waals surface area (Å²) in [5.74, 6) is -0.289. The van der Waals surface area contributed by atoms with Crippen LogP contribution in [0.1, 0.15) is 6.92 Å². The Morgan fingerprint density at radius 2 is 2.10 bits per heavy atom. The summed E-state index contributed by atoms with van der Waals surface area (Å²) in [6.45, 7) is 5.23. The smallest absolute Gasteiger partial charge is 0.336 e. The number of likely N-dealkylation sites (N-methyl/N-ethyl adjacent to an activating group) is 1. The minimum atomic E-state index is -0.471. The molecule has 5 heteroatoms. The Labute approximate surface area is 126 Å². The topological polar surface area (TPSA) is 42.0 Å². The van der Waals surface area contributed by atoms with Gasteiger partial charge in [0.15, 0.2) is 6.10 Å². The van der Waals surface area contributed by atoms with Crippen LogP contribution in [0.3, 0.4) is 0 Å². The Morgan fingerprint density at radius 1 is 1.38 bits per heavy atom. The summed E-state index contributed by atoms with van der Waals surface area (Å²) in [6, 6.07) is 10.3. The number of methoxy groups -OCH3 is 1. The molecule has 1 aliphatic rings. The molecule has 1 aliphatic heterocycles. The van der Waals surface area contributed by atoms with Crippen molar-refractivity contribution in [3.63, 3.8) is 0 Å². The highest BCUT2D eigenvalue weighted by Crippen LogP contribution is 2.14. The first-order valence-corrected chi connectivity index (χ1v) is 7.32. The lowest BCUT2D eigenvalue weighted by Gasteiger charge is -2.36. The van der Waals surface area contributed by atoms with E-state index in [4.69, 9.17) is 9.47 Å². The molecule has 2 rings (SSSR count). The summed E-state index contributed by atoms with van der Waals surface area (Å²) < 4.78 is 10.4. The zero-order chi connectivity index (χ0) is 15.2. The highest BCUT2D eigenvalue weighted by atomic mass is 16.6. The molecule has 0 bridgehead atoms. The number of esters is 1. The summed E-state index contributed by atoms with van der Waals surface area (Å²) in [6.07, 6.45) is -0.425. The average Bonchev–Trinajstić information content (AvgIpc) is 2.52. The van der Waals surface area contributed by atoms with Crippen LogP contribution in [0, 0.1) is 0 Å². The summed E-state index contributed by atoms with van der Waals surface area (Å²) in [5.41, 5.74) is 1.20. The van der Waals surface area contributed by atoms with Crippen molar-refractivity contribution in [1.29, 1.82) is 0 Å². The Kier molecular flexibility index (Phi) is 5.59. The highest BCUT2D eigenvalue weighted by molar-refractivity contribution is 5.75. The van der Waals surface area contributed by atoms with Gasteiger partial charge in [0, 0.05) is 38.9 Å². The van der Waals surface area contributed by atoms with Gasteiger partial charge in [0.25, 0.3) is 0 Å². The van der Waals surface area contributed by atoms with E-state index in [1.165, 1.54) is 12.8 Å². The quantitative estimate of drug-likeness (QED) is 0.767.